The normalized spacial score (nSPS) is 18.0. The molecule has 1 fully saturated rings. The fraction of sp³-hybridized carbons (Fsp3) is 0.391. The number of benzene rings is 2. The van der Waals surface area contributed by atoms with Gasteiger partial charge in [0.25, 0.3) is 0 Å². The van der Waals surface area contributed by atoms with E-state index in [9.17, 15) is 9.90 Å². The van der Waals surface area contributed by atoms with Crippen LogP contribution in [0.3, 0.4) is 0 Å². The van der Waals surface area contributed by atoms with Crippen molar-refractivity contribution in [2.75, 3.05) is 34.4 Å². The van der Waals surface area contributed by atoms with Crippen molar-refractivity contribution in [1.29, 1.82) is 0 Å². The van der Waals surface area contributed by atoms with Crippen LogP contribution in [-0.2, 0) is 4.79 Å². The molecule has 1 aliphatic heterocycles. The lowest BCUT2D eigenvalue weighted by molar-refractivity contribution is -0.143. The van der Waals surface area contributed by atoms with Crippen LogP contribution in [-0.4, -0.2) is 55.4 Å². The predicted octanol–water partition coefficient (Wildman–Crippen LogP) is 4.21. The lowest BCUT2D eigenvalue weighted by atomic mass is 9.94. The van der Waals surface area contributed by atoms with Gasteiger partial charge in [0.05, 0.1) is 43.5 Å². The van der Waals surface area contributed by atoms with Gasteiger partial charge in [0.1, 0.15) is 5.01 Å². The second-order valence-electron chi connectivity index (χ2n) is 7.55. The van der Waals surface area contributed by atoms with Gasteiger partial charge in [-0.05, 0) is 49.2 Å². The van der Waals surface area contributed by atoms with E-state index in [1.165, 1.54) is 0 Å². The van der Waals surface area contributed by atoms with Crippen molar-refractivity contribution in [1.82, 2.24) is 9.88 Å². The highest BCUT2D eigenvalue weighted by Crippen LogP contribution is 2.44. The van der Waals surface area contributed by atoms with Crippen LogP contribution >= 0.6 is 11.3 Å². The molecule has 2 heterocycles. The van der Waals surface area contributed by atoms with Gasteiger partial charge in [-0.25, -0.2) is 4.98 Å². The smallest absolute Gasteiger partial charge is 0.307 e. The maximum absolute atomic E-state index is 11.7. The average molecular weight is 443 g/mol. The van der Waals surface area contributed by atoms with E-state index in [1.54, 1.807) is 32.7 Å². The van der Waals surface area contributed by atoms with Crippen molar-refractivity contribution in [3.63, 3.8) is 0 Å². The summed E-state index contributed by atoms with van der Waals surface area (Å²) in [5, 5.41) is 10.5. The van der Waals surface area contributed by atoms with Crippen molar-refractivity contribution in [2.45, 2.75) is 18.9 Å². The number of methoxy groups -OCH3 is 3. The first kappa shape index (κ1) is 21.4. The molecule has 1 aliphatic rings. The second kappa shape index (κ2) is 9.11. The molecule has 8 heteroatoms. The van der Waals surface area contributed by atoms with Gasteiger partial charge >= 0.3 is 5.97 Å². The van der Waals surface area contributed by atoms with E-state index in [0.29, 0.717) is 30.2 Å². The number of carboxylic acid groups (broad SMARTS) is 1. The standard InChI is InChI=1S/C23H26N2O5S/c1-28-17-11-15(12-18(29-2)21(17)30-3)20(25-10-6-7-14(13-25)23(26)27)22-24-16-8-4-5-9-19(16)31-22/h4-5,8-9,11-12,14,20H,6-7,10,13H2,1-3H3,(H,26,27). The Morgan fingerprint density at radius 3 is 2.48 bits per heavy atom. The molecule has 1 saturated heterocycles. The lowest BCUT2D eigenvalue weighted by Crippen LogP contribution is -2.41. The molecule has 164 valence electrons. The van der Waals surface area contributed by atoms with E-state index in [4.69, 9.17) is 19.2 Å². The first-order valence-corrected chi connectivity index (χ1v) is 11.0. The Kier molecular flexibility index (Phi) is 6.29. The predicted molar refractivity (Wildman–Crippen MR) is 119 cm³/mol. The van der Waals surface area contributed by atoms with Gasteiger partial charge in [-0.3, -0.25) is 9.69 Å². The van der Waals surface area contributed by atoms with E-state index in [0.717, 1.165) is 33.8 Å². The summed E-state index contributed by atoms with van der Waals surface area (Å²) in [6.07, 6.45) is 1.51. The fourth-order valence-electron chi connectivity index (χ4n) is 4.22. The molecule has 1 aromatic heterocycles. The number of carbonyl (C=O) groups is 1. The average Bonchev–Trinajstić information content (AvgIpc) is 3.22. The van der Waals surface area contributed by atoms with Gasteiger partial charge in [0.15, 0.2) is 11.5 Å². The highest BCUT2D eigenvalue weighted by Gasteiger charge is 2.34. The van der Waals surface area contributed by atoms with Crippen molar-refractivity contribution < 1.29 is 24.1 Å². The minimum atomic E-state index is -0.752. The zero-order valence-corrected chi connectivity index (χ0v) is 18.6. The molecule has 3 aromatic rings. The molecule has 2 unspecified atom stereocenters. The van der Waals surface area contributed by atoms with Crippen LogP contribution in [0.4, 0.5) is 0 Å². The van der Waals surface area contributed by atoms with E-state index in [1.807, 2.05) is 30.3 Å². The number of fused-ring (bicyclic) bond motifs is 1. The molecule has 31 heavy (non-hydrogen) atoms. The summed E-state index contributed by atoms with van der Waals surface area (Å²) in [5.41, 5.74) is 1.87. The number of nitrogens with zero attached hydrogens (tertiary/aromatic N) is 2. The Balaban J connectivity index is 1.85. The van der Waals surface area contributed by atoms with Crippen molar-refractivity contribution in [3.05, 3.63) is 47.0 Å². The molecule has 0 saturated carbocycles. The van der Waals surface area contributed by atoms with Crippen LogP contribution in [0, 0.1) is 5.92 Å². The zero-order chi connectivity index (χ0) is 22.0. The van der Waals surface area contributed by atoms with Crippen LogP contribution in [0.5, 0.6) is 17.2 Å². The van der Waals surface area contributed by atoms with Gasteiger partial charge < -0.3 is 19.3 Å². The Morgan fingerprint density at radius 2 is 1.87 bits per heavy atom. The molecule has 0 spiro atoms. The van der Waals surface area contributed by atoms with Gasteiger partial charge in [-0.15, -0.1) is 11.3 Å². The molecule has 0 aliphatic carbocycles. The second-order valence-corrected chi connectivity index (χ2v) is 8.62. The zero-order valence-electron chi connectivity index (χ0n) is 17.8. The number of aromatic nitrogens is 1. The molecule has 4 rings (SSSR count). The molecule has 2 atom stereocenters. The third kappa shape index (κ3) is 4.18. The van der Waals surface area contributed by atoms with Crippen LogP contribution in [0.1, 0.15) is 29.5 Å². The Morgan fingerprint density at radius 1 is 1.16 bits per heavy atom. The molecule has 0 amide bonds. The number of hydrogen-bond acceptors (Lipinski definition) is 7. The van der Waals surface area contributed by atoms with Gasteiger partial charge in [-0.1, -0.05) is 12.1 Å². The highest BCUT2D eigenvalue weighted by atomic mass is 32.1. The summed E-state index contributed by atoms with van der Waals surface area (Å²) in [4.78, 5) is 18.8. The highest BCUT2D eigenvalue weighted by molar-refractivity contribution is 7.18. The number of hydrogen-bond donors (Lipinski definition) is 1. The first-order valence-electron chi connectivity index (χ1n) is 10.2. The van der Waals surface area contributed by atoms with Crippen LogP contribution < -0.4 is 14.2 Å². The minimum absolute atomic E-state index is 0.215. The molecular formula is C23H26N2O5S. The monoisotopic (exact) mass is 442 g/mol. The summed E-state index contributed by atoms with van der Waals surface area (Å²) in [6.45, 7) is 1.26. The molecule has 0 bridgehead atoms. The maximum Gasteiger partial charge on any atom is 0.307 e. The number of likely N-dealkylation sites (tertiary alicyclic amines) is 1. The fourth-order valence-corrected chi connectivity index (χ4v) is 5.35. The lowest BCUT2D eigenvalue weighted by Gasteiger charge is -2.36. The van der Waals surface area contributed by atoms with Crippen LogP contribution in [0.2, 0.25) is 0 Å². The topological polar surface area (TPSA) is 81.1 Å². The van der Waals surface area contributed by atoms with E-state index < -0.39 is 11.9 Å². The number of carboxylic acids is 1. The van der Waals surface area contributed by atoms with Gasteiger partial charge in [-0.2, -0.15) is 0 Å². The summed E-state index contributed by atoms with van der Waals surface area (Å²) >= 11 is 1.63. The van der Waals surface area contributed by atoms with Crippen molar-refractivity contribution >= 4 is 27.5 Å². The first-order chi connectivity index (χ1) is 15.0. The van der Waals surface area contributed by atoms with E-state index in [2.05, 4.69) is 11.0 Å². The number of para-hydroxylation sites is 1. The Hall–Kier alpha value is -2.84. The van der Waals surface area contributed by atoms with Gasteiger partial charge in [0, 0.05) is 6.54 Å². The number of ether oxygens (including phenoxy) is 3. The molecular weight excluding hydrogens is 416 g/mol. The summed E-state index contributed by atoms with van der Waals surface area (Å²) in [5.74, 6) is 0.508. The van der Waals surface area contributed by atoms with Crippen LogP contribution in [0.25, 0.3) is 10.2 Å². The van der Waals surface area contributed by atoms with E-state index in [-0.39, 0.29) is 6.04 Å². The summed E-state index contributed by atoms with van der Waals surface area (Å²) < 4.78 is 17.7. The summed E-state index contributed by atoms with van der Waals surface area (Å²) in [6, 6.07) is 11.7. The minimum Gasteiger partial charge on any atom is -0.493 e. The Labute approximate surface area is 185 Å². The molecule has 7 nitrogen and oxygen atoms in total. The third-order valence-electron chi connectivity index (χ3n) is 5.71. The number of aliphatic carboxylic acids is 1. The van der Waals surface area contributed by atoms with Crippen molar-refractivity contribution in [2.24, 2.45) is 5.92 Å². The number of thiazole rings is 1. The van der Waals surface area contributed by atoms with Crippen LogP contribution in [0.15, 0.2) is 36.4 Å². The van der Waals surface area contributed by atoms with Crippen molar-refractivity contribution in [3.8, 4) is 17.2 Å². The largest absolute Gasteiger partial charge is 0.493 e. The Bertz CT molecular complexity index is 1020. The molecule has 2 aromatic carbocycles. The molecule has 1 N–H and O–H groups in total. The molecule has 0 radical (unpaired) electrons. The summed E-state index contributed by atoms with van der Waals surface area (Å²) in [7, 11) is 4.76. The maximum atomic E-state index is 11.7. The van der Waals surface area contributed by atoms with E-state index >= 15 is 0 Å². The quantitative estimate of drug-likeness (QED) is 0.587. The van der Waals surface area contributed by atoms with Gasteiger partial charge in [0.2, 0.25) is 5.75 Å². The SMILES string of the molecule is COc1cc(C(c2nc3ccccc3s2)N2CCCC(C(=O)O)C2)cc(OC)c1OC. The number of rotatable bonds is 7. The number of piperidine rings is 1. The third-order valence-corrected chi connectivity index (χ3v) is 6.80.